The zero-order valence-electron chi connectivity index (χ0n) is 8.52. The predicted octanol–water partition coefficient (Wildman–Crippen LogP) is 1.55. The maximum Gasteiger partial charge on any atom is 0.335 e. The molecule has 0 spiro atoms. The van der Waals surface area contributed by atoms with E-state index in [1.807, 2.05) is 6.92 Å². The lowest BCUT2D eigenvalue weighted by molar-refractivity contribution is 0.339. The molecule has 0 amide bonds. The second-order valence-electron chi connectivity index (χ2n) is 3.51. The van der Waals surface area contributed by atoms with Crippen LogP contribution in [0, 0.1) is 5.92 Å². The summed E-state index contributed by atoms with van der Waals surface area (Å²) >= 11 is 0. The summed E-state index contributed by atoms with van der Waals surface area (Å²) in [5.74, 6) is 0.298. The molecule has 0 rings (SSSR count). The number of hydrogen-bond donors (Lipinski definition) is 1. The van der Waals surface area contributed by atoms with E-state index in [1.165, 1.54) is 7.05 Å². The highest BCUT2D eigenvalue weighted by atomic mass is 32.2. The molecule has 5 heteroatoms. The molecule has 1 unspecified atom stereocenters. The molecular formula is C8H19NO3S. The van der Waals surface area contributed by atoms with Gasteiger partial charge in [0.05, 0.1) is 0 Å². The van der Waals surface area contributed by atoms with Gasteiger partial charge in [0.25, 0.3) is 0 Å². The first-order valence-corrected chi connectivity index (χ1v) is 5.96. The van der Waals surface area contributed by atoms with Crippen LogP contribution in [0.3, 0.4) is 0 Å². The standard InChI is InChI=1S/C8H19NO3S/c1-4-5-6-8(2)7-9(3)13(10,11)12/h8H,4-7H2,1-3H3,(H,10,11,12). The topological polar surface area (TPSA) is 57.6 Å². The van der Waals surface area contributed by atoms with Gasteiger partial charge in [-0.05, 0) is 12.3 Å². The van der Waals surface area contributed by atoms with Gasteiger partial charge in [-0.1, -0.05) is 26.7 Å². The van der Waals surface area contributed by atoms with Gasteiger partial charge < -0.3 is 0 Å². The van der Waals surface area contributed by atoms with E-state index in [-0.39, 0.29) is 0 Å². The fourth-order valence-corrected chi connectivity index (χ4v) is 1.62. The minimum Gasteiger partial charge on any atom is -0.273 e. The normalized spacial score (nSPS) is 14.8. The molecule has 0 aliphatic rings. The molecule has 0 aromatic carbocycles. The Bertz CT molecular complexity index is 226. The third-order valence-corrected chi connectivity index (χ3v) is 2.95. The van der Waals surface area contributed by atoms with E-state index in [0.29, 0.717) is 12.5 Å². The Hall–Kier alpha value is -0.130. The quantitative estimate of drug-likeness (QED) is 0.675. The SMILES string of the molecule is CCCCC(C)CN(C)S(=O)(=O)O. The second kappa shape index (κ2) is 5.57. The molecule has 0 saturated heterocycles. The lowest BCUT2D eigenvalue weighted by Gasteiger charge is -2.17. The van der Waals surface area contributed by atoms with Crippen LogP contribution in [-0.4, -0.2) is 30.9 Å². The molecule has 0 saturated carbocycles. The molecule has 80 valence electrons. The summed E-state index contributed by atoms with van der Waals surface area (Å²) in [6, 6.07) is 0. The van der Waals surface area contributed by atoms with Crippen molar-refractivity contribution in [2.45, 2.75) is 33.1 Å². The predicted molar refractivity (Wildman–Crippen MR) is 52.9 cm³/mol. The smallest absolute Gasteiger partial charge is 0.273 e. The molecular weight excluding hydrogens is 190 g/mol. The minimum absolute atomic E-state index is 0.298. The Kier molecular flexibility index (Phi) is 5.51. The Balaban J connectivity index is 3.85. The van der Waals surface area contributed by atoms with Gasteiger partial charge in [-0.25, -0.2) is 0 Å². The van der Waals surface area contributed by atoms with E-state index in [4.69, 9.17) is 4.55 Å². The second-order valence-corrected chi connectivity index (χ2v) is 5.02. The monoisotopic (exact) mass is 209 g/mol. The van der Waals surface area contributed by atoms with Gasteiger partial charge in [0.2, 0.25) is 0 Å². The highest BCUT2D eigenvalue weighted by Crippen LogP contribution is 2.09. The summed E-state index contributed by atoms with van der Waals surface area (Å²) in [5.41, 5.74) is 0. The van der Waals surface area contributed by atoms with Crippen LogP contribution in [0.25, 0.3) is 0 Å². The Morgan fingerprint density at radius 1 is 1.46 bits per heavy atom. The third-order valence-electron chi connectivity index (χ3n) is 2.01. The molecule has 13 heavy (non-hydrogen) atoms. The average molecular weight is 209 g/mol. The van der Waals surface area contributed by atoms with Gasteiger partial charge in [-0.3, -0.25) is 4.55 Å². The van der Waals surface area contributed by atoms with Crippen LogP contribution in [0.1, 0.15) is 33.1 Å². The summed E-state index contributed by atoms with van der Waals surface area (Å²) in [5, 5.41) is 0. The van der Waals surface area contributed by atoms with Crippen molar-refractivity contribution in [2.24, 2.45) is 5.92 Å². The highest BCUT2D eigenvalue weighted by Gasteiger charge is 2.15. The molecule has 0 aliphatic carbocycles. The van der Waals surface area contributed by atoms with Crippen LogP contribution in [-0.2, 0) is 10.3 Å². The first kappa shape index (κ1) is 12.9. The molecule has 1 atom stereocenters. The molecule has 0 radical (unpaired) electrons. The van der Waals surface area contributed by atoms with Crippen molar-refractivity contribution in [1.82, 2.24) is 4.31 Å². The van der Waals surface area contributed by atoms with Crippen molar-refractivity contribution >= 4 is 10.3 Å². The first-order valence-electron chi connectivity index (χ1n) is 4.56. The molecule has 0 heterocycles. The number of nitrogens with zero attached hydrogens (tertiary/aromatic N) is 1. The van der Waals surface area contributed by atoms with E-state index >= 15 is 0 Å². The van der Waals surface area contributed by atoms with Crippen LogP contribution in [0.2, 0.25) is 0 Å². The van der Waals surface area contributed by atoms with E-state index in [9.17, 15) is 8.42 Å². The van der Waals surface area contributed by atoms with Gasteiger partial charge >= 0.3 is 10.3 Å². The first-order chi connectivity index (χ1) is 5.88. The summed E-state index contributed by atoms with van der Waals surface area (Å²) in [4.78, 5) is 0. The number of hydrogen-bond acceptors (Lipinski definition) is 2. The fourth-order valence-electron chi connectivity index (χ4n) is 1.18. The van der Waals surface area contributed by atoms with Crippen LogP contribution >= 0.6 is 0 Å². The number of unbranched alkanes of at least 4 members (excludes halogenated alkanes) is 1. The van der Waals surface area contributed by atoms with Crippen LogP contribution in [0.15, 0.2) is 0 Å². The molecule has 0 bridgehead atoms. The van der Waals surface area contributed by atoms with Crippen molar-refractivity contribution in [2.75, 3.05) is 13.6 Å². The van der Waals surface area contributed by atoms with Crippen LogP contribution in [0.4, 0.5) is 0 Å². The summed E-state index contributed by atoms with van der Waals surface area (Å²) in [6.45, 7) is 4.47. The van der Waals surface area contributed by atoms with Gasteiger partial charge in [0.15, 0.2) is 0 Å². The molecule has 4 nitrogen and oxygen atoms in total. The zero-order chi connectivity index (χ0) is 10.5. The molecule has 0 aromatic heterocycles. The molecule has 0 aromatic rings. The zero-order valence-corrected chi connectivity index (χ0v) is 9.34. The Labute approximate surface area is 80.8 Å². The fraction of sp³-hybridized carbons (Fsp3) is 1.00. The lowest BCUT2D eigenvalue weighted by atomic mass is 10.1. The van der Waals surface area contributed by atoms with Crippen molar-refractivity contribution in [3.05, 3.63) is 0 Å². The van der Waals surface area contributed by atoms with E-state index in [1.54, 1.807) is 0 Å². The van der Waals surface area contributed by atoms with Gasteiger partial charge in [-0.2, -0.15) is 12.7 Å². The average Bonchev–Trinajstić information content (AvgIpc) is 1.99. The maximum atomic E-state index is 10.6. The van der Waals surface area contributed by atoms with E-state index in [0.717, 1.165) is 23.6 Å². The third kappa shape index (κ3) is 6.01. The van der Waals surface area contributed by atoms with Crippen molar-refractivity contribution in [3.8, 4) is 0 Å². The van der Waals surface area contributed by atoms with Crippen LogP contribution < -0.4 is 0 Å². The van der Waals surface area contributed by atoms with Crippen molar-refractivity contribution < 1.29 is 13.0 Å². The molecule has 0 fully saturated rings. The largest absolute Gasteiger partial charge is 0.335 e. The van der Waals surface area contributed by atoms with Gasteiger partial charge in [-0.15, -0.1) is 0 Å². The lowest BCUT2D eigenvalue weighted by Crippen LogP contribution is -2.30. The van der Waals surface area contributed by atoms with Crippen molar-refractivity contribution in [1.29, 1.82) is 0 Å². The Morgan fingerprint density at radius 3 is 2.38 bits per heavy atom. The van der Waals surface area contributed by atoms with Crippen molar-refractivity contribution in [3.63, 3.8) is 0 Å². The summed E-state index contributed by atoms with van der Waals surface area (Å²) < 4.78 is 30.9. The van der Waals surface area contributed by atoms with Gasteiger partial charge in [0, 0.05) is 13.6 Å². The highest BCUT2D eigenvalue weighted by molar-refractivity contribution is 7.83. The summed E-state index contributed by atoms with van der Waals surface area (Å²) in [7, 11) is -2.60. The molecule has 1 N–H and O–H groups in total. The molecule has 0 aliphatic heterocycles. The minimum atomic E-state index is -3.99. The van der Waals surface area contributed by atoms with Gasteiger partial charge in [0.1, 0.15) is 0 Å². The maximum absolute atomic E-state index is 10.6. The van der Waals surface area contributed by atoms with E-state index in [2.05, 4.69) is 6.92 Å². The Morgan fingerprint density at radius 2 is 2.00 bits per heavy atom. The summed E-state index contributed by atoms with van der Waals surface area (Å²) in [6.07, 6.45) is 3.21. The van der Waals surface area contributed by atoms with E-state index < -0.39 is 10.3 Å². The number of rotatable bonds is 6. The van der Waals surface area contributed by atoms with Crippen LogP contribution in [0.5, 0.6) is 0 Å².